The number of para-hydroxylation sites is 2. The van der Waals surface area contributed by atoms with Gasteiger partial charge in [-0.25, -0.2) is 4.79 Å². The SMILES string of the molecule is CCCC(CC)(Oc1ccccc1OC)C(=O)N[C@@H]1C(=O)N2[C@@H]1SC(C)(C)[C@@H]2C(=O)O. The number of nitrogens with zero attached hydrogens (tertiary/aromatic N) is 1. The Hall–Kier alpha value is -2.42. The van der Waals surface area contributed by atoms with E-state index in [1.807, 2.05) is 19.9 Å². The Morgan fingerprint density at radius 2 is 1.90 bits per heavy atom. The minimum absolute atomic E-state index is 0.373. The minimum Gasteiger partial charge on any atom is -0.493 e. The van der Waals surface area contributed by atoms with Crippen molar-refractivity contribution in [3.8, 4) is 11.5 Å². The predicted octanol–water partition coefficient (Wildman–Crippen LogP) is 2.65. The summed E-state index contributed by atoms with van der Waals surface area (Å²) in [6.45, 7) is 7.44. The number of benzene rings is 1. The number of nitrogens with one attached hydrogen (secondary N) is 1. The van der Waals surface area contributed by atoms with Crippen molar-refractivity contribution in [3.63, 3.8) is 0 Å². The average Bonchev–Trinajstić information content (AvgIpc) is 2.99. The quantitative estimate of drug-likeness (QED) is 0.557. The van der Waals surface area contributed by atoms with E-state index >= 15 is 0 Å². The molecule has 0 bridgehead atoms. The first-order valence-electron chi connectivity index (χ1n) is 10.5. The fourth-order valence-electron chi connectivity index (χ4n) is 4.36. The summed E-state index contributed by atoms with van der Waals surface area (Å²) >= 11 is 1.40. The summed E-state index contributed by atoms with van der Waals surface area (Å²) in [5.41, 5.74) is -1.17. The van der Waals surface area contributed by atoms with Gasteiger partial charge in [0.1, 0.15) is 17.5 Å². The minimum atomic E-state index is -1.17. The largest absolute Gasteiger partial charge is 0.493 e. The zero-order valence-electron chi connectivity index (χ0n) is 18.5. The Kier molecular flexibility index (Phi) is 6.45. The van der Waals surface area contributed by atoms with Crippen molar-refractivity contribution in [2.24, 2.45) is 0 Å². The normalized spacial score (nSPS) is 25.8. The van der Waals surface area contributed by atoms with E-state index in [1.165, 1.54) is 23.8 Å². The van der Waals surface area contributed by atoms with E-state index < -0.39 is 33.8 Å². The van der Waals surface area contributed by atoms with E-state index in [0.29, 0.717) is 30.8 Å². The highest BCUT2D eigenvalue weighted by Crippen LogP contribution is 2.51. The Bertz CT molecular complexity index is 875. The van der Waals surface area contributed by atoms with E-state index in [4.69, 9.17) is 9.47 Å². The molecule has 8 nitrogen and oxygen atoms in total. The number of rotatable bonds is 9. The second-order valence-electron chi connectivity index (χ2n) is 8.40. The molecule has 170 valence electrons. The summed E-state index contributed by atoms with van der Waals surface area (Å²) in [6, 6.07) is 5.44. The molecule has 2 aliphatic rings. The molecule has 2 amide bonds. The first kappa shape index (κ1) is 23.2. The van der Waals surface area contributed by atoms with Gasteiger partial charge in [-0.1, -0.05) is 32.4 Å². The van der Waals surface area contributed by atoms with Crippen LogP contribution in [0.2, 0.25) is 0 Å². The van der Waals surface area contributed by atoms with Crippen LogP contribution in [-0.2, 0) is 14.4 Å². The van der Waals surface area contributed by atoms with Gasteiger partial charge in [-0.3, -0.25) is 9.59 Å². The highest BCUT2D eigenvalue weighted by molar-refractivity contribution is 8.01. The van der Waals surface area contributed by atoms with Crippen LogP contribution in [-0.4, -0.2) is 62.7 Å². The van der Waals surface area contributed by atoms with Crippen molar-refractivity contribution in [2.75, 3.05) is 7.11 Å². The van der Waals surface area contributed by atoms with Crippen LogP contribution in [0.15, 0.2) is 24.3 Å². The number of fused-ring (bicyclic) bond motifs is 1. The molecule has 1 aromatic rings. The number of ether oxygens (including phenoxy) is 2. The molecule has 2 aliphatic heterocycles. The van der Waals surface area contributed by atoms with Gasteiger partial charge in [0, 0.05) is 4.75 Å². The molecule has 2 N–H and O–H groups in total. The summed E-state index contributed by atoms with van der Waals surface area (Å²) in [7, 11) is 1.54. The van der Waals surface area contributed by atoms with Crippen LogP contribution in [0.25, 0.3) is 0 Å². The van der Waals surface area contributed by atoms with Gasteiger partial charge in [-0.15, -0.1) is 11.8 Å². The third-order valence-electron chi connectivity index (χ3n) is 5.97. The maximum absolute atomic E-state index is 13.4. The highest BCUT2D eigenvalue weighted by Gasteiger charge is 2.64. The van der Waals surface area contributed by atoms with Crippen LogP contribution in [0.3, 0.4) is 0 Å². The van der Waals surface area contributed by atoms with E-state index in [9.17, 15) is 19.5 Å². The van der Waals surface area contributed by atoms with Crippen molar-refractivity contribution < 1.29 is 29.0 Å². The van der Waals surface area contributed by atoms with Crippen LogP contribution in [0.5, 0.6) is 11.5 Å². The van der Waals surface area contributed by atoms with Gasteiger partial charge in [0.2, 0.25) is 5.91 Å². The lowest BCUT2D eigenvalue weighted by atomic mass is 9.91. The molecular formula is C22H30N2O6S. The first-order valence-corrected chi connectivity index (χ1v) is 11.4. The zero-order chi connectivity index (χ0) is 23.0. The number of amides is 2. The smallest absolute Gasteiger partial charge is 0.327 e. The van der Waals surface area contributed by atoms with E-state index in [0.717, 1.165) is 0 Å². The molecule has 0 aliphatic carbocycles. The first-order chi connectivity index (χ1) is 14.6. The number of β-lactam (4-membered cyclic amide) rings is 1. The van der Waals surface area contributed by atoms with Crippen molar-refractivity contribution in [1.29, 1.82) is 0 Å². The summed E-state index contributed by atoms with van der Waals surface area (Å²) in [6.07, 6.45) is 1.56. The van der Waals surface area contributed by atoms with Gasteiger partial charge in [0.15, 0.2) is 17.1 Å². The lowest BCUT2D eigenvalue weighted by Crippen LogP contribution is -2.72. The molecule has 0 spiro atoms. The number of methoxy groups -OCH3 is 1. The fourth-order valence-corrected chi connectivity index (χ4v) is 5.98. The summed E-state index contributed by atoms with van der Waals surface area (Å²) in [5.74, 6) is -0.807. The van der Waals surface area contributed by atoms with Gasteiger partial charge in [-0.05, 0) is 38.8 Å². The average molecular weight is 451 g/mol. The number of thioether (sulfide) groups is 1. The molecule has 31 heavy (non-hydrogen) atoms. The molecule has 1 aromatic carbocycles. The van der Waals surface area contributed by atoms with Crippen LogP contribution in [0, 0.1) is 0 Å². The molecule has 1 unspecified atom stereocenters. The standard InChI is InChI=1S/C22H30N2O6S/c1-6-12-22(7-2,30-14-11-9-8-10-13(14)29-5)20(28)23-15-17(25)24-16(19(26)27)21(3,4)31-18(15)24/h8-11,15-16,18H,6-7,12H2,1-5H3,(H,23,28)(H,26,27)/t15-,16+,18-,22?/m1/s1. The van der Waals surface area contributed by atoms with E-state index in [1.54, 1.807) is 32.0 Å². The van der Waals surface area contributed by atoms with Gasteiger partial charge >= 0.3 is 5.97 Å². The third-order valence-corrected chi connectivity index (χ3v) is 7.55. The van der Waals surface area contributed by atoms with Gasteiger partial charge in [0.05, 0.1) is 7.11 Å². The van der Waals surface area contributed by atoms with Gasteiger partial charge in [0.25, 0.3) is 5.91 Å². The molecular weight excluding hydrogens is 420 g/mol. The number of hydrogen-bond donors (Lipinski definition) is 2. The van der Waals surface area contributed by atoms with Crippen LogP contribution in [0.1, 0.15) is 47.0 Å². The molecule has 3 rings (SSSR count). The van der Waals surface area contributed by atoms with Crippen molar-refractivity contribution >= 4 is 29.5 Å². The summed E-state index contributed by atoms with van der Waals surface area (Å²) in [5, 5.41) is 12.0. The zero-order valence-corrected chi connectivity index (χ0v) is 19.3. The molecule has 0 aromatic heterocycles. The number of carbonyl (C=O) groups excluding carboxylic acids is 2. The van der Waals surface area contributed by atoms with Crippen LogP contribution < -0.4 is 14.8 Å². The number of aliphatic carboxylic acids is 1. The third kappa shape index (κ3) is 3.95. The maximum Gasteiger partial charge on any atom is 0.327 e. The molecule has 2 saturated heterocycles. The molecule has 0 saturated carbocycles. The molecule has 4 atom stereocenters. The summed E-state index contributed by atoms with van der Waals surface area (Å²) < 4.78 is 10.9. The second kappa shape index (κ2) is 8.61. The van der Waals surface area contributed by atoms with Gasteiger partial charge in [-0.2, -0.15) is 0 Å². The Morgan fingerprint density at radius 3 is 2.45 bits per heavy atom. The van der Waals surface area contributed by atoms with E-state index in [2.05, 4.69) is 5.32 Å². The van der Waals surface area contributed by atoms with Gasteiger partial charge < -0.3 is 24.8 Å². The van der Waals surface area contributed by atoms with Crippen LogP contribution in [0.4, 0.5) is 0 Å². The highest BCUT2D eigenvalue weighted by atomic mass is 32.2. The Labute approximate surface area is 186 Å². The Morgan fingerprint density at radius 1 is 1.26 bits per heavy atom. The van der Waals surface area contributed by atoms with E-state index in [-0.39, 0.29) is 11.8 Å². The monoisotopic (exact) mass is 450 g/mol. The number of carbonyl (C=O) groups is 3. The molecule has 9 heteroatoms. The number of hydrogen-bond acceptors (Lipinski definition) is 6. The number of carboxylic acids is 1. The van der Waals surface area contributed by atoms with Crippen LogP contribution >= 0.6 is 11.8 Å². The van der Waals surface area contributed by atoms with Crippen molar-refractivity contribution in [1.82, 2.24) is 10.2 Å². The van der Waals surface area contributed by atoms with Crippen molar-refractivity contribution in [3.05, 3.63) is 24.3 Å². The lowest BCUT2D eigenvalue weighted by molar-refractivity contribution is -0.162. The fraction of sp³-hybridized carbons (Fsp3) is 0.591. The maximum atomic E-state index is 13.4. The Balaban J connectivity index is 1.82. The number of carboxylic acid groups (broad SMARTS) is 1. The summed E-state index contributed by atoms with van der Waals surface area (Å²) in [4.78, 5) is 39.3. The molecule has 0 radical (unpaired) electrons. The second-order valence-corrected chi connectivity index (χ2v) is 10.2. The predicted molar refractivity (Wildman–Crippen MR) is 117 cm³/mol. The molecule has 2 heterocycles. The van der Waals surface area contributed by atoms with Crippen molar-refractivity contribution in [2.45, 2.75) is 74.8 Å². The molecule has 2 fully saturated rings. The topological polar surface area (TPSA) is 105 Å². The lowest BCUT2D eigenvalue weighted by Gasteiger charge is -2.45.